The van der Waals surface area contributed by atoms with Gasteiger partial charge in [0.2, 0.25) is 0 Å². The molecule has 0 spiro atoms. The second-order valence-electron chi connectivity index (χ2n) is 10.4. The molecule has 0 radical (unpaired) electrons. The maximum atomic E-state index is 13.7. The molecule has 11 nitrogen and oxygen atoms in total. The van der Waals surface area contributed by atoms with Crippen molar-refractivity contribution in [1.29, 1.82) is 5.26 Å². The van der Waals surface area contributed by atoms with Gasteiger partial charge in [0.15, 0.2) is 9.84 Å². The third-order valence-electron chi connectivity index (χ3n) is 7.59. The molecule has 2 aliphatic rings. The molecular formula is C30H35N5O6S. The van der Waals surface area contributed by atoms with E-state index in [1.807, 2.05) is 7.05 Å². The molecule has 1 atom stereocenters. The lowest BCUT2D eigenvalue weighted by molar-refractivity contribution is -0.139. The van der Waals surface area contributed by atoms with Crippen molar-refractivity contribution in [2.75, 3.05) is 57.2 Å². The number of carbonyl (C=O) groups is 2. The average Bonchev–Trinajstić information content (AvgIpc) is 3.00. The van der Waals surface area contributed by atoms with Crippen LogP contribution in [-0.4, -0.2) is 78.0 Å². The monoisotopic (exact) mass is 593 g/mol. The Morgan fingerprint density at radius 3 is 2.17 bits per heavy atom. The van der Waals surface area contributed by atoms with E-state index < -0.39 is 32.9 Å². The number of piperazine rings is 1. The number of rotatable bonds is 7. The summed E-state index contributed by atoms with van der Waals surface area (Å²) >= 11 is 0. The number of hydrogen-bond acceptors (Lipinski definition) is 11. The summed E-state index contributed by atoms with van der Waals surface area (Å²) in [7, 11) is 0.381. The molecule has 1 unspecified atom stereocenters. The zero-order chi connectivity index (χ0) is 30.8. The number of esters is 2. The first-order valence-corrected chi connectivity index (χ1v) is 15.0. The van der Waals surface area contributed by atoms with Crippen LogP contribution in [0.5, 0.6) is 0 Å². The third kappa shape index (κ3) is 5.45. The molecule has 42 heavy (non-hydrogen) atoms. The van der Waals surface area contributed by atoms with E-state index in [2.05, 4.69) is 15.9 Å². The third-order valence-corrected chi connectivity index (χ3v) is 9.79. The standard InChI is InChI=1S/C30H35N5O6S/c1-19(2)42(38,39)24-12-11-21(34-15-13-33(3)14-16-34)17-23(24)35-27(30(37)41-5)26(29(36)40-4)25(22(18-31)28(35)32)20-9-7-6-8-10-20/h6-12,17,19,25H,13-16,32H2,1-5H3. The van der Waals surface area contributed by atoms with Crippen molar-refractivity contribution in [3.63, 3.8) is 0 Å². The van der Waals surface area contributed by atoms with E-state index >= 15 is 0 Å². The lowest BCUT2D eigenvalue weighted by atomic mass is 9.81. The zero-order valence-corrected chi connectivity index (χ0v) is 25.1. The number of nitriles is 1. The van der Waals surface area contributed by atoms with Gasteiger partial charge in [0.05, 0.1) is 53.2 Å². The summed E-state index contributed by atoms with van der Waals surface area (Å²) in [4.78, 5) is 32.3. The number of methoxy groups -OCH3 is 2. The summed E-state index contributed by atoms with van der Waals surface area (Å²) in [5.74, 6) is -3.11. The van der Waals surface area contributed by atoms with Crippen molar-refractivity contribution in [3.05, 3.63) is 76.8 Å². The minimum Gasteiger partial charge on any atom is -0.466 e. The van der Waals surface area contributed by atoms with E-state index in [9.17, 15) is 23.3 Å². The van der Waals surface area contributed by atoms with Crippen molar-refractivity contribution < 1.29 is 27.5 Å². The van der Waals surface area contributed by atoms with Crippen molar-refractivity contribution in [2.45, 2.75) is 29.9 Å². The van der Waals surface area contributed by atoms with Crippen LogP contribution in [0.2, 0.25) is 0 Å². The highest BCUT2D eigenvalue weighted by Gasteiger charge is 2.44. The minimum atomic E-state index is -3.95. The van der Waals surface area contributed by atoms with Gasteiger partial charge in [-0.15, -0.1) is 0 Å². The number of ether oxygens (including phenoxy) is 2. The number of hydrogen-bond donors (Lipinski definition) is 1. The summed E-state index contributed by atoms with van der Waals surface area (Å²) in [5.41, 5.74) is 7.35. The molecule has 0 amide bonds. The summed E-state index contributed by atoms with van der Waals surface area (Å²) in [6.07, 6.45) is 0. The highest BCUT2D eigenvalue weighted by molar-refractivity contribution is 7.92. The number of anilines is 2. The van der Waals surface area contributed by atoms with Crippen molar-refractivity contribution in [2.24, 2.45) is 5.73 Å². The maximum absolute atomic E-state index is 13.7. The Morgan fingerprint density at radius 1 is 1.00 bits per heavy atom. The van der Waals surface area contributed by atoms with E-state index in [0.29, 0.717) is 24.3 Å². The van der Waals surface area contributed by atoms with Crippen LogP contribution in [0.15, 0.2) is 76.1 Å². The highest BCUT2D eigenvalue weighted by atomic mass is 32.2. The van der Waals surface area contributed by atoms with E-state index in [0.717, 1.165) is 32.2 Å². The van der Waals surface area contributed by atoms with E-state index in [-0.39, 0.29) is 33.2 Å². The number of nitrogens with zero attached hydrogens (tertiary/aromatic N) is 4. The Hall–Kier alpha value is -4.34. The molecule has 0 aromatic heterocycles. The average molecular weight is 594 g/mol. The largest absolute Gasteiger partial charge is 0.466 e. The Kier molecular flexibility index (Phi) is 8.94. The van der Waals surface area contributed by atoms with Gasteiger partial charge in [-0.3, -0.25) is 4.90 Å². The molecule has 0 saturated carbocycles. The molecule has 2 aromatic rings. The van der Waals surface area contributed by atoms with Crippen LogP contribution in [0.3, 0.4) is 0 Å². The molecule has 1 fully saturated rings. The minimum absolute atomic E-state index is 0.0266. The van der Waals surface area contributed by atoms with Crippen LogP contribution >= 0.6 is 0 Å². The van der Waals surface area contributed by atoms with Crippen LogP contribution in [-0.2, 0) is 28.9 Å². The number of carbonyl (C=O) groups excluding carboxylic acids is 2. The Morgan fingerprint density at radius 2 is 1.62 bits per heavy atom. The molecule has 222 valence electrons. The first-order chi connectivity index (χ1) is 20.0. The van der Waals surface area contributed by atoms with Gasteiger partial charge in [0, 0.05) is 31.9 Å². The van der Waals surface area contributed by atoms with Crippen LogP contribution in [0.25, 0.3) is 0 Å². The van der Waals surface area contributed by atoms with Crippen LogP contribution < -0.4 is 15.5 Å². The van der Waals surface area contributed by atoms with Gasteiger partial charge < -0.3 is 25.0 Å². The van der Waals surface area contributed by atoms with Gasteiger partial charge in [-0.05, 0) is 44.7 Å². The molecule has 0 bridgehead atoms. The fourth-order valence-electron chi connectivity index (χ4n) is 5.20. The Balaban J connectivity index is 2.10. The smallest absolute Gasteiger partial charge is 0.355 e. The van der Waals surface area contributed by atoms with Gasteiger partial charge in [-0.25, -0.2) is 18.0 Å². The maximum Gasteiger partial charge on any atom is 0.355 e. The van der Waals surface area contributed by atoms with E-state index in [1.54, 1.807) is 56.3 Å². The molecule has 2 aliphatic heterocycles. The first kappa shape index (κ1) is 30.6. The molecule has 4 rings (SSSR count). The normalized spacial score (nSPS) is 18.3. The molecular weight excluding hydrogens is 558 g/mol. The first-order valence-electron chi connectivity index (χ1n) is 13.4. The summed E-state index contributed by atoms with van der Waals surface area (Å²) in [6, 6.07) is 15.6. The second-order valence-corrected chi connectivity index (χ2v) is 12.8. The van der Waals surface area contributed by atoms with Gasteiger partial charge in [-0.1, -0.05) is 30.3 Å². The molecule has 0 aliphatic carbocycles. The predicted molar refractivity (Wildman–Crippen MR) is 158 cm³/mol. The number of likely N-dealkylation sites (N-methyl/N-ethyl adjacent to an activating group) is 1. The predicted octanol–water partition coefficient (Wildman–Crippen LogP) is 2.52. The van der Waals surface area contributed by atoms with Crippen molar-refractivity contribution in [3.8, 4) is 6.07 Å². The van der Waals surface area contributed by atoms with Crippen molar-refractivity contribution in [1.82, 2.24) is 4.90 Å². The summed E-state index contributed by atoms with van der Waals surface area (Å²) in [5, 5.41) is 9.56. The van der Waals surface area contributed by atoms with Gasteiger partial charge in [0.25, 0.3) is 0 Å². The Bertz CT molecular complexity index is 1590. The van der Waals surface area contributed by atoms with Gasteiger partial charge >= 0.3 is 11.9 Å². The molecule has 1 saturated heterocycles. The fraction of sp³-hybridized carbons (Fsp3) is 0.367. The lowest BCUT2D eigenvalue weighted by Gasteiger charge is -2.38. The lowest BCUT2D eigenvalue weighted by Crippen LogP contribution is -2.44. The molecule has 12 heteroatoms. The Labute approximate surface area is 246 Å². The summed E-state index contributed by atoms with van der Waals surface area (Å²) < 4.78 is 37.6. The van der Waals surface area contributed by atoms with E-state index in [1.165, 1.54) is 6.07 Å². The van der Waals surface area contributed by atoms with Gasteiger partial charge in [-0.2, -0.15) is 5.26 Å². The van der Waals surface area contributed by atoms with E-state index in [4.69, 9.17) is 15.2 Å². The SMILES string of the molecule is COC(=O)C1=C(C(=O)OC)N(c2cc(N3CCN(C)CC3)ccc2S(=O)(=O)C(C)C)C(N)=C(C#N)C1c1ccccc1. The molecule has 2 N–H and O–H groups in total. The summed E-state index contributed by atoms with van der Waals surface area (Å²) in [6.45, 7) is 6.06. The number of sulfone groups is 1. The second kappa shape index (κ2) is 12.3. The number of allylic oxidation sites excluding steroid dienone is 1. The molecule has 2 heterocycles. The van der Waals surface area contributed by atoms with Gasteiger partial charge in [0.1, 0.15) is 11.5 Å². The van der Waals surface area contributed by atoms with Crippen LogP contribution in [0, 0.1) is 11.3 Å². The number of nitrogens with two attached hydrogens (primary N) is 1. The highest BCUT2D eigenvalue weighted by Crippen LogP contribution is 2.45. The quantitative estimate of drug-likeness (QED) is 0.473. The fourth-order valence-corrected chi connectivity index (χ4v) is 6.41. The van der Waals surface area contributed by atoms with Crippen molar-refractivity contribution >= 4 is 33.2 Å². The molecule has 2 aromatic carbocycles. The van der Waals surface area contributed by atoms with Crippen LogP contribution in [0.1, 0.15) is 25.3 Å². The topological polar surface area (TPSA) is 146 Å². The van der Waals surface area contributed by atoms with Crippen LogP contribution in [0.4, 0.5) is 11.4 Å². The number of benzene rings is 2. The zero-order valence-electron chi connectivity index (χ0n) is 24.3.